The summed E-state index contributed by atoms with van der Waals surface area (Å²) in [6, 6.07) is 0. The first-order chi connectivity index (χ1) is 11.6. The number of nitrogens with zero attached hydrogens (tertiary/aromatic N) is 6. The molecule has 0 aromatic carbocycles. The third-order valence-electron chi connectivity index (χ3n) is 4.66. The van der Waals surface area contributed by atoms with Gasteiger partial charge >= 0.3 is 0 Å². The molecule has 0 saturated carbocycles. The highest BCUT2D eigenvalue weighted by Gasteiger charge is 2.42. The first kappa shape index (κ1) is 16.5. The molecule has 3 rings (SSSR count). The third kappa shape index (κ3) is 2.89. The molecule has 1 aliphatic heterocycles. The highest BCUT2D eigenvalue weighted by Crippen LogP contribution is 2.36. The zero-order chi connectivity index (χ0) is 17.2. The summed E-state index contributed by atoms with van der Waals surface area (Å²) in [7, 11) is 0. The molecule has 1 fully saturated rings. The van der Waals surface area contributed by atoms with Crippen molar-refractivity contribution in [2.45, 2.75) is 32.3 Å². The second-order valence-electron chi connectivity index (χ2n) is 6.14. The van der Waals surface area contributed by atoms with Crippen molar-refractivity contribution in [2.24, 2.45) is 5.41 Å². The summed E-state index contributed by atoms with van der Waals surface area (Å²) < 4.78 is 1.48. The molecule has 10 heteroatoms. The molecule has 1 amide bonds. The van der Waals surface area contributed by atoms with Gasteiger partial charge in [0.25, 0.3) is 11.9 Å². The van der Waals surface area contributed by atoms with Crippen molar-refractivity contribution in [2.75, 3.05) is 19.7 Å². The minimum Gasteiger partial charge on any atom is -0.396 e. The lowest BCUT2D eigenvalue weighted by atomic mass is 9.73. The average Bonchev–Trinajstić information content (AvgIpc) is 3.27. The second kappa shape index (κ2) is 6.65. The third-order valence-corrected chi connectivity index (χ3v) is 4.66. The summed E-state index contributed by atoms with van der Waals surface area (Å²) in [5.74, 6) is 0.0402. The van der Waals surface area contributed by atoms with E-state index < -0.39 is 11.5 Å². The lowest BCUT2D eigenvalue weighted by molar-refractivity contribution is -0.0715. The molecule has 24 heavy (non-hydrogen) atoms. The number of likely N-dealkylation sites (tertiary alicyclic amines) is 1. The number of hydrogen-bond donors (Lipinski definition) is 3. The largest absolute Gasteiger partial charge is 0.396 e. The molecule has 2 aromatic heterocycles. The van der Waals surface area contributed by atoms with E-state index in [4.69, 9.17) is 0 Å². The Morgan fingerprint density at radius 1 is 1.46 bits per heavy atom. The monoisotopic (exact) mass is 335 g/mol. The number of carbonyl (C=O) groups excluding carboxylic acids is 1. The van der Waals surface area contributed by atoms with Gasteiger partial charge in [-0.25, -0.2) is 0 Å². The van der Waals surface area contributed by atoms with Crippen molar-refractivity contribution >= 4 is 5.91 Å². The molecular weight excluding hydrogens is 314 g/mol. The number of aliphatic hydroxyl groups excluding tert-OH is 2. The lowest BCUT2D eigenvalue weighted by Crippen LogP contribution is -2.54. The van der Waals surface area contributed by atoms with E-state index in [2.05, 4.69) is 25.4 Å². The van der Waals surface area contributed by atoms with Crippen molar-refractivity contribution in [1.29, 1.82) is 0 Å². The molecule has 2 atom stereocenters. The number of β-amino-alcohol motifs (C(OH)–C–C–N with tert-alkyl or cyclic N) is 1. The van der Waals surface area contributed by atoms with Crippen LogP contribution in [0.15, 0.2) is 12.7 Å². The summed E-state index contributed by atoms with van der Waals surface area (Å²) in [6.45, 7) is 2.56. The Bertz CT molecular complexity index is 686. The molecule has 1 aliphatic rings. The predicted octanol–water partition coefficient (Wildman–Crippen LogP) is -0.629. The average molecular weight is 335 g/mol. The number of hydrogen-bond acceptors (Lipinski definition) is 7. The number of aliphatic hydroxyl groups is 2. The van der Waals surface area contributed by atoms with E-state index in [1.54, 1.807) is 0 Å². The van der Waals surface area contributed by atoms with Crippen LogP contribution < -0.4 is 0 Å². The van der Waals surface area contributed by atoms with Crippen LogP contribution in [-0.4, -0.2) is 76.8 Å². The van der Waals surface area contributed by atoms with Crippen LogP contribution in [0.2, 0.25) is 0 Å². The van der Waals surface area contributed by atoms with E-state index >= 15 is 0 Å². The van der Waals surface area contributed by atoms with Crippen LogP contribution in [0.4, 0.5) is 0 Å². The van der Waals surface area contributed by atoms with E-state index in [0.717, 1.165) is 12.8 Å². The maximum absolute atomic E-state index is 12.6. The Labute approximate surface area is 138 Å². The molecule has 0 radical (unpaired) electrons. The lowest BCUT2D eigenvalue weighted by Gasteiger charge is -2.44. The maximum Gasteiger partial charge on any atom is 0.291 e. The molecule has 2 aromatic rings. The molecule has 0 bridgehead atoms. The van der Waals surface area contributed by atoms with Gasteiger partial charge in [-0.1, -0.05) is 13.3 Å². The Morgan fingerprint density at radius 3 is 2.83 bits per heavy atom. The molecule has 3 heterocycles. The number of carbonyl (C=O) groups is 1. The number of amides is 1. The quantitative estimate of drug-likeness (QED) is 0.662. The normalized spacial score (nSPS) is 24.3. The van der Waals surface area contributed by atoms with Gasteiger partial charge in [0.1, 0.15) is 12.7 Å². The van der Waals surface area contributed by atoms with Crippen LogP contribution in [0.1, 0.15) is 36.8 Å². The van der Waals surface area contributed by atoms with Crippen LogP contribution in [-0.2, 0) is 0 Å². The Balaban J connectivity index is 1.71. The summed E-state index contributed by atoms with van der Waals surface area (Å²) in [5, 5.41) is 34.0. The first-order valence-corrected chi connectivity index (χ1v) is 7.95. The molecule has 1 saturated heterocycles. The van der Waals surface area contributed by atoms with Gasteiger partial charge in [0.2, 0.25) is 5.82 Å². The highest BCUT2D eigenvalue weighted by atomic mass is 16.3. The van der Waals surface area contributed by atoms with Crippen molar-refractivity contribution in [3.63, 3.8) is 0 Å². The fraction of sp³-hybridized carbons (Fsp3) is 0.643. The molecule has 10 nitrogen and oxygen atoms in total. The Hall–Kier alpha value is -2.33. The molecule has 0 unspecified atom stereocenters. The van der Waals surface area contributed by atoms with Crippen LogP contribution in [0.25, 0.3) is 5.95 Å². The van der Waals surface area contributed by atoms with Gasteiger partial charge < -0.3 is 15.1 Å². The van der Waals surface area contributed by atoms with Crippen molar-refractivity contribution < 1.29 is 15.0 Å². The summed E-state index contributed by atoms with van der Waals surface area (Å²) in [6.07, 6.45) is 4.25. The van der Waals surface area contributed by atoms with Crippen LogP contribution in [0.5, 0.6) is 0 Å². The van der Waals surface area contributed by atoms with Gasteiger partial charge in [-0.05, 0) is 12.8 Å². The van der Waals surface area contributed by atoms with Crippen LogP contribution in [0.3, 0.4) is 0 Å². The van der Waals surface area contributed by atoms with Gasteiger partial charge in [-0.15, -0.1) is 15.3 Å². The Kier molecular flexibility index (Phi) is 4.58. The van der Waals surface area contributed by atoms with E-state index in [1.807, 2.05) is 6.92 Å². The predicted molar refractivity (Wildman–Crippen MR) is 82.3 cm³/mol. The van der Waals surface area contributed by atoms with E-state index in [9.17, 15) is 15.0 Å². The number of rotatable bonds is 5. The summed E-state index contributed by atoms with van der Waals surface area (Å²) in [5.41, 5.74) is -0.527. The van der Waals surface area contributed by atoms with E-state index in [0.29, 0.717) is 13.0 Å². The van der Waals surface area contributed by atoms with E-state index in [-0.39, 0.29) is 30.8 Å². The summed E-state index contributed by atoms with van der Waals surface area (Å²) in [4.78, 5) is 18.2. The van der Waals surface area contributed by atoms with Crippen molar-refractivity contribution in [1.82, 2.24) is 34.8 Å². The first-order valence-electron chi connectivity index (χ1n) is 7.95. The van der Waals surface area contributed by atoms with Gasteiger partial charge in [0.05, 0.1) is 12.7 Å². The molecule has 3 N–H and O–H groups in total. The maximum atomic E-state index is 12.6. The fourth-order valence-electron chi connectivity index (χ4n) is 3.17. The van der Waals surface area contributed by atoms with Crippen LogP contribution in [0, 0.1) is 5.41 Å². The molecule has 130 valence electrons. The fourth-order valence-corrected chi connectivity index (χ4v) is 3.17. The number of aromatic nitrogens is 6. The topological polar surface area (TPSA) is 133 Å². The number of piperidine rings is 1. The van der Waals surface area contributed by atoms with E-state index in [1.165, 1.54) is 22.1 Å². The SMILES string of the molecule is CCC[C@]1(CO)CCN(C(=O)c2nc(-n3cnnc3)n[nH]2)C[C@@H]1O. The minimum absolute atomic E-state index is 0.0792. The molecule has 0 spiro atoms. The van der Waals surface area contributed by atoms with Gasteiger partial charge in [0.15, 0.2) is 0 Å². The Morgan fingerprint density at radius 2 is 2.21 bits per heavy atom. The molecular formula is C14H21N7O3. The standard InChI is InChI=1S/C14H21N7O3/c1-2-3-14(7-22)4-5-20(6-10(14)23)12(24)11-17-13(19-18-11)21-8-15-16-9-21/h8-10,22-23H,2-7H2,1H3,(H,17,18,19)/t10-,14+/m0/s1. The van der Waals surface area contributed by atoms with Gasteiger partial charge in [0, 0.05) is 18.5 Å². The van der Waals surface area contributed by atoms with Gasteiger partial charge in [-0.2, -0.15) is 4.98 Å². The number of aromatic amines is 1. The van der Waals surface area contributed by atoms with Crippen molar-refractivity contribution in [3.8, 4) is 5.95 Å². The number of nitrogens with one attached hydrogen (secondary N) is 1. The second-order valence-corrected chi connectivity index (χ2v) is 6.14. The summed E-state index contributed by atoms with van der Waals surface area (Å²) >= 11 is 0. The zero-order valence-corrected chi connectivity index (χ0v) is 13.5. The minimum atomic E-state index is -0.764. The zero-order valence-electron chi connectivity index (χ0n) is 13.5. The van der Waals surface area contributed by atoms with Gasteiger partial charge in [-0.3, -0.25) is 14.5 Å². The smallest absolute Gasteiger partial charge is 0.291 e. The molecule has 0 aliphatic carbocycles. The van der Waals surface area contributed by atoms with Crippen LogP contribution >= 0.6 is 0 Å². The highest BCUT2D eigenvalue weighted by molar-refractivity contribution is 5.90. The van der Waals surface area contributed by atoms with Crippen molar-refractivity contribution in [3.05, 3.63) is 18.5 Å². The number of H-pyrrole nitrogens is 1.